The van der Waals surface area contributed by atoms with E-state index in [-0.39, 0.29) is 12.5 Å². The molecular weight excluding hydrogens is 440 g/mol. The Bertz CT molecular complexity index is 1060. The standard InChI is InChI=1S/C24H28N4O4S/c1-18(29)31-17-23(30)26(2)28-15-13-27(14-16-28)12-11-19-7-9-20(10-8-19)32-24-25-21-5-3-4-6-22(21)33-24/h3-10H,11-17H2,1-2H3. The number of likely N-dealkylation sites (N-methyl/N-ethyl adjacent to an activating group) is 1. The van der Waals surface area contributed by atoms with Gasteiger partial charge in [-0.3, -0.25) is 14.6 Å². The smallest absolute Gasteiger partial charge is 0.303 e. The molecule has 0 unspecified atom stereocenters. The highest BCUT2D eigenvalue weighted by Gasteiger charge is 2.23. The third kappa shape index (κ3) is 6.28. The topological polar surface area (TPSA) is 75.2 Å². The molecule has 1 aromatic heterocycles. The van der Waals surface area contributed by atoms with Gasteiger partial charge in [-0.15, -0.1) is 0 Å². The van der Waals surface area contributed by atoms with Crippen LogP contribution in [0.15, 0.2) is 48.5 Å². The number of rotatable bonds is 8. The van der Waals surface area contributed by atoms with E-state index in [9.17, 15) is 9.59 Å². The van der Waals surface area contributed by atoms with E-state index in [1.54, 1.807) is 23.4 Å². The van der Waals surface area contributed by atoms with Crippen LogP contribution in [0.1, 0.15) is 12.5 Å². The average molecular weight is 469 g/mol. The van der Waals surface area contributed by atoms with Crippen molar-refractivity contribution < 1.29 is 19.1 Å². The summed E-state index contributed by atoms with van der Waals surface area (Å²) in [5, 5.41) is 4.21. The molecule has 1 fully saturated rings. The number of carbonyl (C=O) groups excluding carboxylic acids is 2. The summed E-state index contributed by atoms with van der Waals surface area (Å²) < 4.78 is 11.8. The highest BCUT2D eigenvalue weighted by atomic mass is 32.1. The predicted octanol–water partition coefficient (Wildman–Crippen LogP) is 3.19. The van der Waals surface area contributed by atoms with Crippen molar-refractivity contribution in [2.75, 3.05) is 46.4 Å². The predicted molar refractivity (Wildman–Crippen MR) is 127 cm³/mol. The van der Waals surface area contributed by atoms with Gasteiger partial charge in [0.05, 0.1) is 10.2 Å². The normalized spacial score (nSPS) is 14.8. The van der Waals surface area contributed by atoms with Crippen LogP contribution in [0, 0.1) is 0 Å². The van der Waals surface area contributed by atoms with E-state index < -0.39 is 5.97 Å². The van der Waals surface area contributed by atoms with Gasteiger partial charge < -0.3 is 14.4 Å². The Labute approximate surface area is 197 Å². The Morgan fingerprint density at radius 2 is 1.79 bits per heavy atom. The van der Waals surface area contributed by atoms with Crippen LogP contribution >= 0.6 is 11.3 Å². The second kappa shape index (κ2) is 10.7. The molecule has 0 bridgehead atoms. The summed E-state index contributed by atoms with van der Waals surface area (Å²) in [5.41, 5.74) is 2.21. The number of thiazole rings is 1. The van der Waals surface area contributed by atoms with Crippen molar-refractivity contribution in [1.82, 2.24) is 19.9 Å². The van der Waals surface area contributed by atoms with Crippen LogP contribution in [0.2, 0.25) is 0 Å². The number of fused-ring (bicyclic) bond motifs is 1. The number of hydrogen-bond donors (Lipinski definition) is 0. The van der Waals surface area contributed by atoms with Crippen molar-refractivity contribution in [3.05, 3.63) is 54.1 Å². The third-order valence-corrected chi connectivity index (χ3v) is 6.57. The summed E-state index contributed by atoms with van der Waals surface area (Å²) in [7, 11) is 1.72. The number of aromatic nitrogens is 1. The molecule has 0 aliphatic carbocycles. The van der Waals surface area contributed by atoms with Gasteiger partial charge in [-0.05, 0) is 36.2 Å². The molecular formula is C24H28N4O4S. The maximum absolute atomic E-state index is 12.1. The van der Waals surface area contributed by atoms with Crippen LogP contribution in [-0.2, 0) is 20.7 Å². The van der Waals surface area contributed by atoms with Crippen LogP contribution < -0.4 is 4.74 Å². The minimum atomic E-state index is -0.446. The molecule has 8 nitrogen and oxygen atoms in total. The molecule has 0 atom stereocenters. The Hall–Kier alpha value is -3.01. The fraction of sp³-hybridized carbons (Fsp3) is 0.375. The van der Waals surface area contributed by atoms with Crippen LogP contribution in [0.4, 0.5) is 0 Å². The van der Waals surface area contributed by atoms with Crippen molar-refractivity contribution in [3.63, 3.8) is 0 Å². The molecule has 2 heterocycles. The molecule has 1 saturated heterocycles. The van der Waals surface area contributed by atoms with Crippen molar-refractivity contribution >= 4 is 33.4 Å². The summed E-state index contributed by atoms with van der Waals surface area (Å²) in [6.45, 7) is 5.32. The first-order valence-corrected chi connectivity index (χ1v) is 11.8. The lowest BCUT2D eigenvalue weighted by Crippen LogP contribution is -2.55. The van der Waals surface area contributed by atoms with E-state index in [4.69, 9.17) is 9.47 Å². The number of hydrazine groups is 1. The number of ether oxygens (including phenoxy) is 2. The summed E-state index contributed by atoms with van der Waals surface area (Å²) in [4.78, 5) is 29.9. The van der Waals surface area contributed by atoms with Gasteiger partial charge in [0, 0.05) is 46.7 Å². The van der Waals surface area contributed by atoms with E-state index in [0.29, 0.717) is 5.19 Å². The van der Waals surface area contributed by atoms with E-state index >= 15 is 0 Å². The minimum absolute atomic E-state index is 0.216. The monoisotopic (exact) mass is 468 g/mol. The first-order chi connectivity index (χ1) is 16.0. The Morgan fingerprint density at radius 3 is 2.48 bits per heavy atom. The lowest BCUT2D eigenvalue weighted by molar-refractivity contribution is -0.160. The second-order valence-electron chi connectivity index (χ2n) is 7.94. The number of carbonyl (C=O) groups is 2. The Kier molecular flexibility index (Phi) is 7.54. The van der Waals surface area contributed by atoms with Gasteiger partial charge in [0.1, 0.15) is 5.75 Å². The molecule has 0 radical (unpaired) electrons. The molecule has 1 amide bonds. The highest BCUT2D eigenvalue weighted by Crippen LogP contribution is 2.31. The van der Waals surface area contributed by atoms with Crippen LogP contribution in [0.25, 0.3) is 10.2 Å². The third-order valence-electron chi connectivity index (χ3n) is 5.65. The Balaban J connectivity index is 1.21. The molecule has 0 N–H and O–H groups in total. The molecule has 3 aromatic rings. The minimum Gasteiger partial charge on any atom is -0.456 e. The number of amides is 1. The van der Waals surface area contributed by atoms with Crippen molar-refractivity contribution in [1.29, 1.82) is 0 Å². The van der Waals surface area contributed by atoms with E-state index in [1.165, 1.54) is 12.5 Å². The van der Waals surface area contributed by atoms with Gasteiger partial charge in [-0.25, -0.2) is 9.99 Å². The lowest BCUT2D eigenvalue weighted by Gasteiger charge is -2.39. The van der Waals surface area contributed by atoms with E-state index in [0.717, 1.165) is 55.1 Å². The zero-order chi connectivity index (χ0) is 23.2. The molecule has 0 saturated carbocycles. The van der Waals surface area contributed by atoms with Gasteiger partial charge in [-0.1, -0.05) is 35.6 Å². The number of esters is 1. The second-order valence-corrected chi connectivity index (χ2v) is 8.93. The van der Waals surface area contributed by atoms with Crippen molar-refractivity contribution in [3.8, 4) is 10.9 Å². The highest BCUT2D eigenvalue weighted by molar-refractivity contribution is 7.20. The summed E-state index contributed by atoms with van der Waals surface area (Å²) >= 11 is 1.54. The van der Waals surface area contributed by atoms with Crippen molar-refractivity contribution in [2.24, 2.45) is 0 Å². The first kappa shape index (κ1) is 23.2. The molecule has 9 heteroatoms. The number of hydrogen-bond acceptors (Lipinski definition) is 8. The lowest BCUT2D eigenvalue weighted by atomic mass is 10.1. The van der Waals surface area contributed by atoms with Gasteiger partial charge >= 0.3 is 5.97 Å². The van der Waals surface area contributed by atoms with Crippen LogP contribution in [0.5, 0.6) is 10.9 Å². The van der Waals surface area contributed by atoms with Gasteiger partial charge in [-0.2, -0.15) is 0 Å². The largest absolute Gasteiger partial charge is 0.456 e. The quantitative estimate of drug-likeness (QED) is 0.470. The van der Waals surface area contributed by atoms with Gasteiger partial charge in [0.25, 0.3) is 11.1 Å². The fourth-order valence-corrected chi connectivity index (χ4v) is 4.52. The van der Waals surface area contributed by atoms with Gasteiger partial charge in [0.15, 0.2) is 6.61 Å². The maximum atomic E-state index is 12.1. The van der Waals surface area contributed by atoms with E-state index in [2.05, 4.69) is 22.0 Å². The van der Waals surface area contributed by atoms with E-state index in [1.807, 2.05) is 41.4 Å². The van der Waals surface area contributed by atoms with Crippen LogP contribution in [0.3, 0.4) is 0 Å². The molecule has 2 aromatic carbocycles. The fourth-order valence-electron chi connectivity index (χ4n) is 3.68. The molecule has 0 spiro atoms. The number of benzene rings is 2. The van der Waals surface area contributed by atoms with Gasteiger partial charge in [0.2, 0.25) is 0 Å². The summed E-state index contributed by atoms with van der Waals surface area (Å²) in [5.74, 6) is 0.123. The summed E-state index contributed by atoms with van der Waals surface area (Å²) in [6.07, 6.45) is 0.947. The molecule has 1 aliphatic heterocycles. The van der Waals surface area contributed by atoms with Crippen LogP contribution in [-0.4, -0.2) is 78.2 Å². The molecule has 1 aliphatic rings. The molecule has 4 rings (SSSR count). The zero-order valence-electron chi connectivity index (χ0n) is 18.9. The number of para-hydroxylation sites is 1. The first-order valence-electron chi connectivity index (χ1n) is 11.0. The maximum Gasteiger partial charge on any atom is 0.303 e. The number of nitrogens with zero attached hydrogens (tertiary/aromatic N) is 4. The SMILES string of the molecule is CC(=O)OCC(=O)N(C)N1CCN(CCc2ccc(Oc3nc4ccccc4s3)cc2)CC1. The Morgan fingerprint density at radius 1 is 1.06 bits per heavy atom. The average Bonchev–Trinajstić information content (AvgIpc) is 3.24. The summed E-state index contributed by atoms with van der Waals surface area (Å²) in [6, 6.07) is 16.2. The van der Waals surface area contributed by atoms with Crippen molar-refractivity contribution in [2.45, 2.75) is 13.3 Å². The zero-order valence-corrected chi connectivity index (χ0v) is 19.7. The molecule has 174 valence electrons. The molecule has 33 heavy (non-hydrogen) atoms. The number of piperazine rings is 1.